The third-order valence-corrected chi connectivity index (χ3v) is 13.1. The minimum Gasteiger partial charge on any atom is -0.342 e. The second-order valence-electron chi connectivity index (χ2n) is 14.6. The molecule has 2 N–H and O–H groups in total. The van der Waals surface area contributed by atoms with Crippen molar-refractivity contribution >= 4 is 23.4 Å². The molecule has 8 nitrogen and oxygen atoms in total. The van der Waals surface area contributed by atoms with Crippen LogP contribution >= 0.6 is 11.6 Å². The molecule has 2 saturated carbocycles. The van der Waals surface area contributed by atoms with E-state index in [4.69, 9.17) is 11.6 Å². The Hall–Kier alpha value is -4.05. The van der Waals surface area contributed by atoms with Crippen LogP contribution in [0.4, 0.5) is 8.78 Å². The molecule has 2 heterocycles. The first-order chi connectivity index (χ1) is 22.9. The first-order valence-corrected chi connectivity index (χ1v) is 17.2. The van der Waals surface area contributed by atoms with Crippen LogP contribution in [0, 0.1) is 18.3 Å². The lowest BCUT2D eigenvalue weighted by atomic mass is 9.69. The summed E-state index contributed by atoms with van der Waals surface area (Å²) in [5, 5.41) is 15.3. The third-order valence-electron chi connectivity index (χ3n) is 12.6. The summed E-state index contributed by atoms with van der Waals surface area (Å²) in [4.78, 5) is 27.6. The van der Waals surface area contributed by atoms with Crippen molar-refractivity contribution < 1.29 is 18.4 Å². The lowest BCUT2D eigenvalue weighted by Crippen LogP contribution is -2.52. The fourth-order valence-electron chi connectivity index (χ4n) is 10.2. The van der Waals surface area contributed by atoms with E-state index in [2.05, 4.69) is 65.9 Å². The molecule has 4 bridgehead atoms. The van der Waals surface area contributed by atoms with Crippen LogP contribution in [0.2, 0.25) is 5.15 Å². The number of alkyl halides is 2. The van der Waals surface area contributed by atoms with Crippen LogP contribution in [-0.4, -0.2) is 31.4 Å². The zero-order valence-corrected chi connectivity index (χ0v) is 28.2. The molecule has 2 aromatic carbocycles. The number of fused-ring (bicyclic) bond motifs is 10. The number of rotatable bonds is 8. The molecule has 6 atom stereocenters. The third kappa shape index (κ3) is 4.10. The second-order valence-corrected chi connectivity index (χ2v) is 14.9. The highest BCUT2D eigenvalue weighted by Crippen LogP contribution is 2.69. The Morgan fingerprint density at radius 3 is 2.54 bits per heavy atom. The Balaban J connectivity index is 1.10. The molecule has 2 fully saturated rings. The van der Waals surface area contributed by atoms with E-state index in [1.807, 2.05) is 18.2 Å². The number of amides is 2. The van der Waals surface area contributed by atoms with E-state index < -0.39 is 34.5 Å². The van der Waals surface area contributed by atoms with Gasteiger partial charge in [0.05, 0.1) is 28.4 Å². The summed E-state index contributed by atoms with van der Waals surface area (Å²) in [6.45, 7) is 6.71. The normalized spacial score (nSPS) is 29.4. The Morgan fingerprint density at radius 2 is 1.79 bits per heavy atom. The molecule has 0 saturated heterocycles. The fourth-order valence-corrected chi connectivity index (χ4v) is 10.3. The van der Waals surface area contributed by atoms with Gasteiger partial charge in [-0.25, -0.2) is 8.78 Å². The van der Waals surface area contributed by atoms with Crippen molar-refractivity contribution in [2.24, 2.45) is 18.4 Å². The Labute approximate surface area is 283 Å². The lowest BCUT2D eigenvalue weighted by Gasteiger charge is -2.42. The number of carbonyl (C=O) groups excluding carboxylic acids is 2. The molecule has 250 valence electrons. The quantitative estimate of drug-likeness (QED) is 0.206. The highest BCUT2D eigenvalue weighted by atomic mass is 35.5. The number of nitrogens with one attached hydrogen (secondary N) is 2. The van der Waals surface area contributed by atoms with Gasteiger partial charge in [-0.15, -0.1) is 0 Å². The van der Waals surface area contributed by atoms with E-state index in [9.17, 15) is 18.4 Å². The van der Waals surface area contributed by atoms with Gasteiger partial charge in [-0.2, -0.15) is 10.2 Å². The van der Waals surface area contributed by atoms with E-state index in [1.54, 1.807) is 7.05 Å². The maximum absolute atomic E-state index is 14.5. The molecule has 4 aromatic rings. The number of aryl methyl sites for hydroxylation is 3. The Bertz CT molecular complexity index is 1990. The van der Waals surface area contributed by atoms with Crippen LogP contribution in [0.15, 0.2) is 54.9 Å². The molecule has 0 radical (unpaired) electrons. The van der Waals surface area contributed by atoms with Crippen molar-refractivity contribution in [3.63, 3.8) is 0 Å². The average molecular weight is 673 g/mol. The maximum Gasteiger partial charge on any atom is 0.282 e. The van der Waals surface area contributed by atoms with Gasteiger partial charge in [0.1, 0.15) is 10.8 Å². The molecular weight excluding hydrogens is 634 g/mol. The average Bonchev–Trinajstić information content (AvgIpc) is 3.87. The van der Waals surface area contributed by atoms with Crippen LogP contribution in [0.5, 0.6) is 0 Å². The number of aromatic nitrogens is 4. The summed E-state index contributed by atoms with van der Waals surface area (Å²) in [6, 6.07) is 14.4. The van der Waals surface area contributed by atoms with Crippen LogP contribution in [-0.2, 0) is 24.7 Å². The zero-order valence-electron chi connectivity index (χ0n) is 27.5. The van der Waals surface area contributed by atoms with E-state index in [0.29, 0.717) is 24.4 Å². The van der Waals surface area contributed by atoms with Gasteiger partial charge in [0.25, 0.3) is 18.2 Å². The smallest absolute Gasteiger partial charge is 0.282 e. The van der Waals surface area contributed by atoms with Gasteiger partial charge in [-0.1, -0.05) is 67.9 Å². The van der Waals surface area contributed by atoms with E-state index in [-0.39, 0.29) is 28.5 Å². The predicted molar refractivity (Wildman–Crippen MR) is 177 cm³/mol. The molecule has 11 heteroatoms. The SMILES string of the molecule is Cc1cccc2c1C1CCC2(NC(=O)c2cnn(C)c2Cl)C1(C)CCn1cc(C(=O)NC23CCC(c4ccccc42)C3C)c(C(F)F)n1. The standard InChI is InChI=1S/C37H39ClF2N6O2/c1-20-8-7-11-28-29(20)27-13-15-37(28,43-33(47)24-18-41-45(4)31(24)38)35(27,3)16-17-46-19-25(30(44-46)32(39)40)34(48)42-36-14-12-22(21(36)2)23-9-5-6-10-26(23)36/h5-11,18-19,21-22,27,32H,12-17H2,1-4H3,(H,42,48)(H,43,47). The van der Waals surface area contributed by atoms with Crippen molar-refractivity contribution in [3.05, 3.63) is 105 Å². The second kappa shape index (κ2) is 10.7. The van der Waals surface area contributed by atoms with Crippen LogP contribution < -0.4 is 10.6 Å². The van der Waals surface area contributed by atoms with Gasteiger partial charge in [0.15, 0.2) is 0 Å². The molecule has 2 amide bonds. The molecule has 4 aliphatic rings. The molecule has 48 heavy (non-hydrogen) atoms. The van der Waals surface area contributed by atoms with E-state index in [0.717, 1.165) is 42.4 Å². The molecule has 0 aliphatic heterocycles. The summed E-state index contributed by atoms with van der Waals surface area (Å²) in [5.41, 5.74) is 3.76. The Morgan fingerprint density at radius 1 is 1.04 bits per heavy atom. The summed E-state index contributed by atoms with van der Waals surface area (Å²) < 4.78 is 31.9. The fraction of sp³-hybridized carbons (Fsp3) is 0.459. The number of halogens is 3. The van der Waals surface area contributed by atoms with Crippen molar-refractivity contribution in [2.45, 2.75) is 88.8 Å². The van der Waals surface area contributed by atoms with Gasteiger partial charge in [0, 0.05) is 25.2 Å². The van der Waals surface area contributed by atoms with E-state index in [1.165, 1.54) is 32.9 Å². The molecule has 2 aromatic heterocycles. The van der Waals surface area contributed by atoms with Gasteiger partial charge < -0.3 is 10.6 Å². The minimum absolute atomic E-state index is 0.0904. The maximum atomic E-state index is 14.5. The van der Waals surface area contributed by atoms with Crippen LogP contribution in [0.3, 0.4) is 0 Å². The van der Waals surface area contributed by atoms with Crippen molar-refractivity contribution in [1.29, 1.82) is 0 Å². The number of nitrogens with zero attached hydrogens (tertiary/aromatic N) is 4. The van der Waals surface area contributed by atoms with Gasteiger partial charge >= 0.3 is 0 Å². The molecule has 8 rings (SSSR count). The van der Waals surface area contributed by atoms with Crippen molar-refractivity contribution in [1.82, 2.24) is 30.2 Å². The van der Waals surface area contributed by atoms with Gasteiger partial charge in [-0.3, -0.25) is 19.0 Å². The molecular formula is C37H39ClF2N6O2. The van der Waals surface area contributed by atoms with Crippen molar-refractivity contribution in [3.8, 4) is 0 Å². The molecule has 6 unspecified atom stereocenters. The number of hydrogen-bond donors (Lipinski definition) is 2. The minimum atomic E-state index is -2.91. The first kappa shape index (κ1) is 31.2. The summed E-state index contributed by atoms with van der Waals surface area (Å²) in [6.07, 6.45) is 3.90. The predicted octanol–water partition coefficient (Wildman–Crippen LogP) is 7.28. The van der Waals surface area contributed by atoms with Gasteiger partial charge in [-0.05, 0) is 84.6 Å². The zero-order chi connectivity index (χ0) is 33.7. The topological polar surface area (TPSA) is 93.8 Å². The largest absolute Gasteiger partial charge is 0.342 e. The molecule has 4 aliphatic carbocycles. The number of carbonyl (C=O) groups is 2. The summed E-state index contributed by atoms with van der Waals surface area (Å²) in [5.74, 6) is -0.169. The van der Waals surface area contributed by atoms with Crippen LogP contribution in [0.25, 0.3) is 0 Å². The van der Waals surface area contributed by atoms with Crippen molar-refractivity contribution in [2.75, 3.05) is 0 Å². The lowest BCUT2D eigenvalue weighted by molar-refractivity contribution is 0.0743. The number of benzene rings is 2. The summed E-state index contributed by atoms with van der Waals surface area (Å²) in [7, 11) is 1.69. The van der Waals surface area contributed by atoms with Gasteiger partial charge in [0.2, 0.25) is 0 Å². The number of hydrogen-bond acceptors (Lipinski definition) is 4. The monoisotopic (exact) mass is 672 g/mol. The highest BCUT2D eigenvalue weighted by molar-refractivity contribution is 6.32. The highest BCUT2D eigenvalue weighted by Gasteiger charge is 2.65. The summed E-state index contributed by atoms with van der Waals surface area (Å²) >= 11 is 6.43. The molecule has 0 spiro atoms. The van der Waals surface area contributed by atoms with E-state index >= 15 is 0 Å². The first-order valence-electron chi connectivity index (χ1n) is 16.8. The Kier molecular flexibility index (Phi) is 6.98. The van der Waals surface area contributed by atoms with Crippen LogP contribution in [0.1, 0.15) is 118 Å².